The molecule has 1 N–H and O–H groups in total. The van der Waals surface area contributed by atoms with Gasteiger partial charge in [-0.05, 0) is 24.3 Å². The maximum absolute atomic E-state index is 13.1. The molecule has 3 rings (SSSR count). The molecule has 2 aromatic carbocycles. The van der Waals surface area contributed by atoms with Crippen molar-refractivity contribution in [1.29, 1.82) is 0 Å². The van der Waals surface area contributed by atoms with E-state index in [9.17, 15) is 14.7 Å². The lowest BCUT2D eigenvalue weighted by molar-refractivity contribution is 0.0985. The maximum Gasteiger partial charge on any atom is 0.268 e. The van der Waals surface area contributed by atoms with Crippen LogP contribution in [0.3, 0.4) is 0 Å². The highest BCUT2D eigenvalue weighted by molar-refractivity contribution is 6.10. The van der Waals surface area contributed by atoms with Gasteiger partial charge in [0.25, 0.3) is 11.5 Å². The number of para-hydroxylation sites is 2. The van der Waals surface area contributed by atoms with Crippen molar-refractivity contribution < 1.29 is 9.90 Å². The highest BCUT2D eigenvalue weighted by Gasteiger charge is 2.25. The number of rotatable bonds is 4. The smallest absolute Gasteiger partial charge is 0.268 e. The summed E-state index contributed by atoms with van der Waals surface area (Å²) in [5.74, 6) is -0.858. The molecular formula is C20H18N2O3. The van der Waals surface area contributed by atoms with Gasteiger partial charge in [-0.3, -0.25) is 9.59 Å². The number of pyridine rings is 1. The van der Waals surface area contributed by atoms with Crippen LogP contribution in [0.25, 0.3) is 10.9 Å². The second kappa shape index (κ2) is 6.65. The zero-order valence-corrected chi connectivity index (χ0v) is 13.8. The Morgan fingerprint density at radius 2 is 1.80 bits per heavy atom. The van der Waals surface area contributed by atoms with Crippen LogP contribution in [0.4, 0.5) is 5.69 Å². The van der Waals surface area contributed by atoms with Crippen molar-refractivity contribution in [1.82, 2.24) is 4.57 Å². The van der Waals surface area contributed by atoms with Crippen LogP contribution in [0.15, 0.2) is 72.0 Å². The number of fused-ring (bicyclic) bond motifs is 1. The Kier molecular flexibility index (Phi) is 4.39. The zero-order chi connectivity index (χ0) is 18.0. The average molecular weight is 334 g/mol. The number of aromatic nitrogens is 1. The standard InChI is InChI=1S/C20H18N2O3/c1-3-13-22(14-9-5-4-6-10-14)20(25)17-18(23)15-11-7-8-12-16(15)21(2)19(17)24/h3-12,23H,1,13H2,2H3. The van der Waals surface area contributed by atoms with Gasteiger partial charge in [0, 0.05) is 24.7 Å². The number of amides is 1. The molecule has 0 atom stereocenters. The topological polar surface area (TPSA) is 62.5 Å². The first-order valence-electron chi connectivity index (χ1n) is 7.84. The molecule has 0 aliphatic carbocycles. The third-order valence-electron chi connectivity index (χ3n) is 4.11. The van der Waals surface area contributed by atoms with Crippen LogP contribution in [0, 0.1) is 0 Å². The van der Waals surface area contributed by atoms with E-state index in [2.05, 4.69) is 6.58 Å². The molecule has 0 bridgehead atoms. The average Bonchev–Trinajstić information content (AvgIpc) is 2.65. The molecule has 0 saturated heterocycles. The Hall–Kier alpha value is -3.34. The maximum atomic E-state index is 13.1. The van der Waals surface area contributed by atoms with E-state index in [4.69, 9.17) is 0 Å². The van der Waals surface area contributed by atoms with E-state index in [1.54, 1.807) is 61.7 Å². The fourth-order valence-corrected chi connectivity index (χ4v) is 2.85. The van der Waals surface area contributed by atoms with E-state index >= 15 is 0 Å². The van der Waals surface area contributed by atoms with Gasteiger partial charge >= 0.3 is 0 Å². The van der Waals surface area contributed by atoms with Gasteiger partial charge in [-0.2, -0.15) is 0 Å². The van der Waals surface area contributed by atoms with Crippen molar-refractivity contribution in [3.8, 4) is 5.75 Å². The third kappa shape index (κ3) is 2.80. The van der Waals surface area contributed by atoms with Crippen molar-refractivity contribution in [3.63, 3.8) is 0 Å². The van der Waals surface area contributed by atoms with Crippen LogP contribution in [0.5, 0.6) is 5.75 Å². The van der Waals surface area contributed by atoms with Gasteiger partial charge in [0.05, 0.1) is 5.52 Å². The van der Waals surface area contributed by atoms with Gasteiger partial charge in [0.15, 0.2) is 0 Å². The zero-order valence-electron chi connectivity index (χ0n) is 13.8. The minimum absolute atomic E-state index is 0.221. The Morgan fingerprint density at radius 3 is 2.48 bits per heavy atom. The summed E-state index contributed by atoms with van der Waals surface area (Å²) < 4.78 is 1.37. The van der Waals surface area contributed by atoms with E-state index in [1.807, 2.05) is 6.07 Å². The predicted molar refractivity (Wildman–Crippen MR) is 99.2 cm³/mol. The second-order valence-electron chi connectivity index (χ2n) is 5.64. The summed E-state index contributed by atoms with van der Waals surface area (Å²) in [5, 5.41) is 11.1. The quantitative estimate of drug-likeness (QED) is 0.746. The molecule has 3 aromatic rings. The van der Waals surface area contributed by atoms with E-state index in [1.165, 1.54) is 9.47 Å². The first kappa shape index (κ1) is 16.5. The Morgan fingerprint density at radius 1 is 1.16 bits per heavy atom. The lowest BCUT2D eigenvalue weighted by atomic mass is 10.1. The van der Waals surface area contributed by atoms with Gasteiger partial charge in [0.2, 0.25) is 0 Å². The van der Waals surface area contributed by atoms with Crippen molar-refractivity contribution in [2.24, 2.45) is 7.05 Å². The van der Waals surface area contributed by atoms with Gasteiger partial charge in [-0.1, -0.05) is 36.4 Å². The summed E-state index contributed by atoms with van der Waals surface area (Å²) >= 11 is 0. The molecule has 5 heteroatoms. The molecule has 0 radical (unpaired) electrons. The minimum Gasteiger partial charge on any atom is -0.506 e. The minimum atomic E-state index is -0.560. The first-order chi connectivity index (χ1) is 12.1. The summed E-state index contributed by atoms with van der Waals surface area (Å²) in [6.45, 7) is 3.90. The summed E-state index contributed by atoms with van der Waals surface area (Å²) in [7, 11) is 1.58. The van der Waals surface area contributed by atoms with Crippen molar-refractivity contribution in [3.05, 3.63) is 83.2 Å². The van der Waals surface area contributed by atoms with Crippen molar-refractivity contribution in [2.45, 2.75) is 0 Å². The lowest BCUT2D eigenvalue weighted by Crippen LogP contribution is -2.36. The number of aryl methyl sites for hydroxylation is 1. The van der Waals surface area contributed by atoms with E-state index in [-0.39, 0.29) is 17.9 Å². The lowest BCUT2D eigenvalue weighted by Gasteiger charge is -2.22. The molecule has 5 nitrogen and oxygen atoms in total. The number of carbonyl (C=O) groups is 1. The van der Waals surface area contributed by atoms with Gasteiger partial charge in [-0.25, -0.2) is 0 Å². The molecule has 0 fully saturated rings. The van der Waals surface area contributed by atoms with E-state index in [0.29, 0.717) is 16.6 Å². The number of benzene rings is 2. The number of carbonyl (C=O) groups excluding carboxylic acids is 1. The van der Waals surface area contributed by atoms with Crippen LogP contribution in [0.2, 0.25) is 0 Å². The molecule has 0 spiro atoms. The predicted octanol–water partition coefficient (Wildman–Crippen LogP) is 3.08. The Labute approximate surface area is 145 Å². The molecule has 0 aliphatic rings. The molecule has 1 heterocycles. The number of nitrogens with zero attached hydrogens (tertiary/aromatic N) is 2. The SMILES string of the molecule is C=CCN(C(=O)c1c(O)c2ccccc2n(C)c1=O)c1ccccc1. The highest BCUT2D eigenvalue weighted by Crippen LogP contribution is 2.27. The van der Waals surface area contributed by atoms with Crippen LogP contribution in [-0.4, -0.2) is 22.1 Å². The highest BCUT2D eigenvalue weighted by atomic mass is 16.3. The second-order valence-corrected chi connectivity index (χ2v) is 5.64. The molecule has 126 valence electrons. The summed E-state index contributed by atoms with van der Waals surface area (Å²) in [6.07, 6.45) is 1.58. The normalized spacial score (nSPS) is 10.6. The summed E-state index contributed by atoms with van der Waals surface area (Å²) in [5.41, 5.74) is 0.414. The molecule has 0 aliphatic heterocycles. The summed E-state index contributed by atoms with van der Waals surface area (Å²) in [4.78, 5) is 27.2. The fraction of sp³-hybridized carbons (Fsp3) is 0.100. The summed E-state index contributed by atoms with van der Waals surface area (Å²) in [6, 6.07) is 15.9. The largest absolute Gasteiger partial charge is 0.506 e. The first-order valence-corrected chi connectivity index (χ1v) is 7.84. The van der Waals surface area contributed by atoms with Crippen LogP contribution < -0.4 is 10.5 Å². The van der Waals surface area contributed by atoms with Gasteiger partial charge in [0.1, 0.15) is 11.3 Å². The number of hydrogen-bond acceptors (Lipinski definition) is 3. The van der Waals surface area contributed by atoms with Crippen LogP contribution in [-0.2, 0) is 7.05 Å². The van der Waals surface area contributed by atoms with Gasteiger partial charge < -0.3 is 14.6 Å². The van der Waals surface area contributed by atoms with Gasteiger partial charge in [-0.15, -0.1) is 6.58 Å². The number of hydrogen-bond donors (Lipinski definition) is 1. The van der Waals surface area contributed by atoms with Crippen LogP contribution >= 0.6 is 0 Å². The molecule has 0 saturated carbocycles. The fourth-order valence-electron chi connectivity index (χ4n) is 2.85. The number of aromatic hydroxyl groups is 1. The monoisotopic (exact) mass is 334 g/mol. The molecular weight excluding hydrogens is 316 g/mol. The third-order valence-corrected chi connectivity index (χ3v) is 4.11. The van der Waals surface area contributed by atoms with Crippen molar-refractivity contribution >= 4 is 22.5 Å². The molecule has 25 heavy (non-hydrogen) atoms. The Balaban J connectivity index is 2.22. The van der Waals surface area contributed by atoms with Crippen LogP contribution in [0.1, 0.15) is 10.4 Å². The molecule has 0 unspecified atom stereocenters. The van der Waals surface area contributed by atoms with Crippen molar-refractivity contribution in [2.75, 3.05) is 11.4 Å². The molecule has 1 aromatic heterocycles. The van der Waals surface area contributed by atoms with E-state index in [0.717, 1.165) is 0 Å². The number of anilines is 1. The Bertz CT molecular complexity index is 1010. The molecule has 1 amide bonds. The van der Waals surface area contributed by atoms with E-state index < -0.39 is 11.5 Å².